The number of ether oxygens (including phenoxy) is 1. The Hall–Kier alpha value is -3.03. The largest absolute Gasteiger partial charge is 0.488 e. The molecule has 0 radical (unpaired) electrons. The van der Waals surface area contributed by atoms with Gasteiger partial charge in [-0.1, -0.05) is 42.1 Å². The molecular formula is C27H29N3O2S2. The van der Waals surface area contributed by atoms with Crippen LogP contribution in [0.25, 0.3) is 6.08 Å². The first-order valence-electron chi connectivity index (χ1n) is 11.4. The molecule has 0 bridgehead atoms. The number of nitrogens with zero attached hydrogens (tertiary/aromatic N) is 3. The van der Waals surface area contributed by atoms with Crippen LogP contribution < -0.4 is 14.6 Å². The predicted molar refractivity (Wildman–Crippen MR) is 146 cm³/mol. The molecule has 1 fully saturated rings. The first-order valence-corrected chi connectivity index (χ1v) is 12.6. The molecule has 4 rings (SSSR count). The topological polar surface area (TPSA) is 37.7 Å². The molecule has 0 unspecified atom stereocenters. The molecule has 1 aliphatic heterocycles. The van der Waals surface area contributed by atoms with Crippen molar-refractivity contribution in [2.45, 2.75) is 34.3 Å². The standard InChI is InChI=1S/C27H29N3O2S2/c1-5-28(6-2)23-15-14-22(24(17-23)32-18-21-10-8-7-9-11-21)16-25-26(31)30(27(33)34-25)29-19(3)12-13-20(29)4/h7-17H,5-6,18H2,1-4H3/b25-16+. The number of thioether (sulfide) groups is 1. The van der Waals surface area contributed by atoms with Gasteiger partial charge in [-0.15, -0.1) is 0 Å². The van der Waals surface area contributed by atoms with Crippen molar-refractivity contribution in [1.82, 2.24) is 4.68 Å². The molecular weight excluding hydrogens is 462 g/mol. The second-order valence-corrected chi connectivity index (χ2v) is 9.77. The van der Waals surface area contributed by atoms with Crippen LogP contribution in [0.1, 0.15) is 36.4 Å². The number of benzene rings is 2. The lowest BCUT2D eigenvalue weighted by molar-refractivity contribution is -0.114. The maximum atomic E-state index is 13.4. The summed E-state index contributed by atoms with van der Waals surface area (Å²) in [6.45, 7) is 10.5. The van der Waals surface area contributed by atoms with Crippen molar-refractivity contribution < 1.29 is 9.53 Å². The molecule has 1 amide bonds. The molecule has 7 heteroatoms. The lowest BCUT2D eigenvalue weighted by atomic mass is 10.1. The molecule has 0 N–H and O–H groups in total. The highest BCUT2D eigenvalue weighted by atomic mass is 32.2. The van der Waals surface area contributed by atoms with Gasteiger partial charge in [0.05, 0.1) is 4.91 Å². The van der Waals surface area contributed by atoms with Gasteiger partial charge in [-0.05, 0) is 75.8 Å². The summed E-state index contributed by atoms with van der Waals surface area (Å²) >= 11 is 6.90. The predicted octanol–water partition coefficient (Wildman–Crippen LogP) is 6.07. The number of thiocarbonyl (C=S) groups is 1. The van der Waals surface area contributed by atoms with E-state index in [0.29, 0.717) is 15.8 Å². The molecule has 1 saturated heterocycles. The summed E-state index contributed by atoms with van der Waals surface area (Å²) < 4.78 is 8.66. The van der Waals surface area contributed by atoms with Crippen molar-refractivity contribution in [2.75, 3.05) is 23.0 Å². The highest BCUT2D eigenvalue weighted by molar-refractivity contribution is 8.27. The zero-order chi connectivity index (χ0) is 24.2. The summed E-state index contributed by atoms with van der Waals surface area (Å²) in [5, 5.41) is 1.57. The minimum Gasteiger partial charge on any atom is -0.488 e. The average Bonchev–Trinajstić information content (AvgIpc) is 3.31. The first kappa shape index (κ1) is 24.1. The summed E-state index contributed by atoms with van der Waals surface area (Å²) in [5.74, 6) is 0.617. The molecule has 176 valence electrons. The molecule has 34 heavy (non-hydrogen) atoms. The Bertz CT molecular complexity index is 1210. The molecule has 0 spiro atoms. The number of anilines is 1. The molecule has 1 aromatic heterocycles. The van der Waals surface area contributed by atoms with Crippen molar-refractivity contribution in [3.05, 3.63) is 88.1 Å². The van der Waals surface area contributed by atoms with Gasteiger partial charge >= 0.3 is 0 Å². The second kappa shape index (κ2) is 10.5. The molecule has 3 aromatic rings. The number of hydrogen-bond donors (Lipinski definition) is 0. The van der Waals surface area contributed by atoms with Crippen LogP contribution in [0.15, 0.2) is 65.6 Å². The van der Waals surface area contributed by atoms with E-state index in [-0.39, 0.29) is 5.91 Å². The Morgan fingerprint density at radius 3 is 2.32 bits per heavy atom. The van der Waals surface area contributed by atoms with E-state index >= 15 is 0 Å². The van der Waals surface area contributed by atoms with Gasteiger partial charge < -0.3 is 9.64 Å². The van der Waals surface area contributed by atoms with Crippen LogP contribution >= 0.6 is 24.0 Å². The van der Waals surface area contributed by atoms with Crippen molar-refractivity contribution >= 4 is 46.0 Å². The van der Waals surface area contributed by atoms with Crippen LogP contribution in [0.2, 0.25) is 0 Å². The number of carbonyl (C=O) groups excluding carboxylic acids is 1. The third kappa shape index (κ3) is 4.91. The van der Waals surface area contributed by atoms with Gasteiger partial charge in [0.25, 0.3) is 5.91 Å². The number of aryl methyl sites for hydroxylation is 2. The minimum atomic E-state index is -0.126. The van der Waals surface area contributed by atoms with E-state index in [1.165, 1.54) is 11.8 Å². The number of hydrogen-bond acceptors (Lipinski definition) is 5. The molecule has 0 aliphatic carbocycles. The SMILES string of the molecule is CCN(CC)c1ccc(/C=C2/SC(=S)N(n3c(C)ccc3C)C2=O)c(OCc2ccccc2)c1. The quantitative estimate of drug-likeness (QED) is 0.283. The lowest BCUT2D eigenvalue weighted by Gasteiger charge is -2.22. The Kier molecular flexibility index (Phi) is 7.44. The Morgan fingerprint density at radius 1 is 1.00 bits per heavy atom. The fourth-order valence-electron chi connectivity index (χ4n) is 4.04. The fraction of sp³-hybridized carbons (Fsp3) is 0.259. The van der Waals surface area contributed by atoms with E-state index in [4.69, 9.17) is 17.0 Å². The average molecular weight is 492 g/mol. The molecule has 5 nitrogen and oxygen atoms in total. The van der Waals surface area contributed by atoms with E-state index in [1.54, 1.807) is 5.01 Å². The number of rotatable bonds is 8. The highest BCUT2D eigenvalue weighted by Gasteiger charge is 2.35. The monoisotopic (exact) mass is 491 g/mol. The van der Waals surface area contributed by atoms with Gasteiger partial charge in [0.15, 0.2) is 4.32 Å². The van der Waals surface area contributed by atoms with Crippen LogP contribution in [-0.4, -0.2) is 28.0 Å². The summed E-state index contributed by atoms with van der Waals surface area (Å²) in [6.07, 6.45) is 1.89. The maximum Gasteiger partial charge on any atom is 0.285 e. The van der Waals surface area contributed by atoms with E-state index in [9.17, 15) is 4.79 Å². The zero-order valence-corrected chi connectivity index (χ0v) is 21.6. The molecule has 2 aromatic carbocycles. The maximum absolute atomic E-state index is 13.4. The normalized spacial score (nSPS) is 14.8. The summed E-state index contributed by atoms with van der Waals surface area (Å²) in [4.78, 5) is 16.2. The van der Waals surface area contributed by atoms with Crippen molar-refractivity contribution in [2.24, 2.45) is 0 Å². The van der Waals surface area contributed by atoms with Gasteiger partial charge in [-0.2, -0.15) is 5.01 Å². The fourth-order valence-corrected chi connectivity index (χ4v) is 5.27. The van der Waals surface area contributed by atoms with Crippen molar-refractivity contribution in [3.63, 3.8) is 0 Å². The van der Waals surface area contributed by atoms with Crippen molar-refractivity contribution in [3.8, 4) is 5.75 Å². The van der Waals surface area contributed by atoms with Crippen LogP contribution in [0.3, 0.4) is 0 Å². The van der Waals surface area contributed by atoms with Crippen LogP contribution in [0.4, 0.5) is 5.69 Å². The molecule has 0 saturated carbocycles. The minimum absolute atomic E-state index is 0.126. The van der Waals surface area contributed by atoms with Crippen molar-refractivity contribution in [1.29, 1.82) is 0 Å². The summed E-state index contributed by atoms with van der Waals surface area (Å²) in [7, 11) is 0. The van der Waals surface area contributed by atoms with Gasteiger partial charge in [-0.25, -0.2) is 0 Å². The number of amides is 1. The summed E-state index contributed by atoms with van der Waals surface area (Å²) in [6, 6.07) is 20.2. The molecule has 1 aliphatic rings. The van der Waals surface area contributed by atoms with Crippen LogP contribution in [-0.2, 0) is 11.4 Å². The third-order valence-corrected chi connectivity index (χ3v) is 7.14. The summed E-state index contributed by atoms with van der Waals surface area (Å²) in [5.41, 5.74) is 4.97. The number of carbonyl (C=O) groups is 1. The van der Waals surface area contributed by atoms with E-state index in [1.807, 2.05) is 73.1 Å². The Morgan fingerprint density at radius 2 is 1.68 bits per heavy atom. The van der Waals surface area contributed by atoms with Crippen LogP contribution in [0.5, 0.6) is 5.75 Å². The van der Waals surface area contributed by atoms with Gasteiger partial charge in [0.2, 0.25) is 0 Å². The molecule has 2 heterocycles. The van der Waals surface area contributed by atoms with Gasteiger partial charge in [-0.3, -0.25) is 9.47 Å². The van der Waals surface area contributed by atoms with E-state index < -0.39 is 0 Å². The lowest BCUT2D eigenvalue weighted by Crippen LogP contribution is -2.39. The first-order chi connectivity index (χ1) is 16.4. The second-order valence-electron chi connectivity index (χ2n) is 8.09. The molecule has 0 atom stereocenters. The smallest absolute Gasteiger partial charge is 0.285 e. The zero-order valence-electron chi connectivity index (χ0n) is 19.9. The highest BCUT2D eigenvalue weighted by Crippen LogP contribution is 2.36. The van der Waals surface area contributed by atoms with E-state index in [2.05, 4.69) is 30.9 Å². The Labute approximate surface area is 211 Å². The third-order valence-electron chi connectivity index (χ3n) is 5.86. The van der Waals surface area contributed by atoms with Gasteiger partial charge in [0.1, 0.15) is 12.4 Å². The van der Waals surface area contributed by atoms with Crippen LogP contribution in [0, 0.1) is 13.8 Å². The van der Waals surface area contributed by atoms with Gasteiger partial charge in [0, 0.05) is 41.8 Å². The number of aromatic nitrogens is 1. The van der Waals surface area contributed by atoms with E-state index in [0.717, 1.165) is 47.0 Å². The Balaban J connectivity index is 1.68.